The summed E-state index contributed by atoms with van der Waals surface area (Å²) in [7, 11) is -2.11. The Morgan fingerprint density at radius 2 is 1.96 bits per heavy atom. The van der Waals surface area contributed by atoms with Gasteiger partial charge in [-0.15, -0.1) is 0 Å². The highest BCUT2D eigenvalue weighted by Gasteiger charge is 2.32. The Balaban J connectivity index is 2.79. The van der Waals surface area contributed by atoms with Crippen LogP contribution in [0.1, 0.15) is 34.0 Å². The van der Waals surface area contributed by atoms with Crippen molar-refractivity contribution in [3.05, 3.63) is 44.6 Å². The molecule has 0 amide bonds. The van der Waals surface area contributed by atoms with Crippen LogP contribution in [0.4, 0.5) is 5.69 Å². The molecule has 0 atom stereocenters. The number of ketones is 1. The maximum absolute atomic E-state index is 13.0. The van der Waals surface area contributed by atoms with E-state index >= 15 is 0 Å². The average Bonchev–Trinajstić information content (AvgIpc) is 2.85. The Hall–Kier alpha value is -2.75. The molecule has 0 radical (unpaired) electrons. The molecule has 0 fully saturated rings. The number of nitrogens with zero attached hydrogens (tertiary/aromatic N) is 3. The Bertz CT molecular complexity index is 1010. The van der Waals surface area contributed by atoms with Crippen molar-refractivity contribution in [3.63, 3.8) is 0 Å². The zero-order valence-electron chi connectivity index (χ0n) is 15.1. The molecule has 1 aromatic heterocycles. The van der Waals surface area contributed by atoms with Gasteiger partial charge in [-0.2, -0.15) is 5.10 Å². The second-order valence-electron chi connectivity index (χ2n) is 5.82. The minimum atomic E-state index is -3.70. The molecule has 26 heavy (non-hydrogen) atoms. The van der Waals surface area contributed by atoms with E-state index in [1.54, 1.807) is 14.0 Å². The Kier molecular flexibility index (Phi) is 5.17. The monoisotopic (exact) mass is 381 g/mol. The lowest BCUT2D eigenvalue weighted by molar-refractivity contribution is -0.385. The minimum Gasteiger partial charge on any atom is -0.478 e. The van der Waals surface area contributed by atoms with Gasteiger partial charge in [-0.3, -0.25) is 14.9 Å². The van der Waals surface area contributed by atoms with Gasteiger partial charge in [0.25, 0.3) is 5.69 Å². The molecule has 2 aromatic rings. The van der Waals surface area contributed by atoms with E-state index in [0.717, 1.165) is 6.26 Å². The van der Waals surface area contributed by atoms with Crippen LogP contribution in [-0.2, 0) is 16.9 Å². The molecule has 1 heterocycles. The fraction of sp³-hybridized carbons (Fsp3) is 0.375. The maximum Gasteiger partial charge on any atom is 0.284 e. The highest BCUT2D eigenvalue weighted by molar-refractivity contribution is 7.90. The topological polar surface area (TPSA) is 121 Å². The van der Waals surface area contributed by atoms with Crippen LogP contribution in [-0.4, -0.2) is 41.8 Å². The van der Waals surface area contributed by atoms with Crippen molar-refractivity contribution in [2.45, 2.75) is 25.7 Å². The standard InChI is InChI=1S/C16H19N3O6S/c1-6-25-16-12(8-17-18(16)4)14(20)11-7-9(2)15(26(5,23)24)10(3)13(11)19(21)22/h7-8H,6H2,1-5H3. The maximum atomic E-state index is 13.0. The summed E-state index contributed by atoms with van der Waals surface area (Å²) in [5.41, 5.74) is -0.467. The second kappa shape index (κ2) is 6.87. The van der Waals surface area contributed by atoms with Crippen molar-refractivity contribution in [2.75, 3.05) is 12.9 Å². The molecule has 0 bridgehead atoms. The fourth-order valence-electron chi connectivity index (χ4n) is 2.97. The molecular formula is C16H19N3O6S. The van der Waals surface area contributed by atoms with E-state index < -0.39 is 26.2 Å². The number of benzene rings is 1. The van der Waals surface area contributed by atoms with E-state index in [2.05, 4.69) is 5.10 Å². The Morgan fingerprint density at radius 3 is 2.46 bits per heavy atom. The fourth-order valence-corrected chi connectivity index (χ4v) is 4.27. The molecule has 0 saturated carbocycles. The highest BCUT2D eigenvalue weighted by atomic mass is 32.2. The average molecular weight is 381 g/mol. The second-order valence-corrected chi connectivity index (χ2v) is 7.77. The number of aryl methyl sites for hydroxylation is 2. The molecule has 0 unspecified atom stereocenters. The predicted octanol–water partition coefficient (Wildman–Crippen LogP) is 1.98. The molecule has 0 saturated heterocycles. The number of nitro benzene ring substituents is 1. The van der Waals surface area contributed by atoms with Crippen molar-refractivity contribution in [2.24, 2.45) is 7.05 Å². The summed E-state index contributed by atoms with van der Waals surface area (Å²) >= 11 is 0. The van der Waals surface area contributed by atoms with Crippen LogP contribution in [0.2, 0.25) is 0 Å². The van der Waals surface area contributed by atoms with Crippen molar-refractivity contribution in [3.8, 4) is 5.88 Å². The number of rotatable bonds is 6. The van der Waals surface area contributed by atoms with E-state index in [4.69, 9.17) is 4.74 Å². The summed E-state index contributed by atoms with van der Waals surface area (Å²) in [6, 6.07) is 1.23. The van der Waals surface area contributed by atoms with Gasteiger partial charge in [-0.25, -0.2) is 13.1 Å². The van der Waals surface area contributed by atoms with Gasteiger partial charge in [-0.05, 0) is 32.4 Å². The van der Waals surface area contributed by atoms with Gasteiger partial charge in [0.05, 0.1) is 22.6 Å². The van der Waals surface area contributed by atoms with Gasteiger partial charge in [0.15, 0.2) is 9.84 Å². The van der Waals surface area contributed by atoms with Crippen LogP contribution in [0.3, 0.4) is 0 Å². The van der Waals surface area contributed by atoms with Crippen LogP contribution in [0.5, 0.6) is 5.88 Å². The summed E-state index contributed by atoms with van der Waals surface area (Å²) < 4.78 is 30.8. The quantitative estimate of drug-likeness (QED) is 0.426. The number of aromatic nitrogens is 2. The molecule has 0 spiro atoms. The predicted molar refractivity (Wildman–Crippen MR) is 93.5 cm³/mol. The van der Waals surface area contributed by atoms with Gasteiger partial charge >= 0.3 is 0 Å². The third-order valence-electron chi connectivity index (χ3n) is 3.88. The van der Waals surface area contributed by atoms with Gasteiger partial charge in [0.2, 0.25) is 11.7 Å². The lowest BCUT2D eigenvalue weighted by atomic mass is 9.98. The molecule has 0 N–H and O–H groups in total. The van der Waals surface area contributed by atoms with Crippen molar-refractivity contribution in [1.82, 2.24) is 9.78 Å². The van der Waals surface area contributed by atoms with Crippen LogP contribution >= 0.6 is 0 Å². The zero-order valence-corrected chi connectivity index (χ0v) is 15.9. The molecule has 0 aliphatic rings. The molecular weight excluding hydrogens is 362 g/mol. The smallest absolute Gasteiger partial charge is 0.284 e. The Labute approximate surface area is 150 Å². The summed E-state index contributed by atoms with van der Waals surface area (Å²) in [4.78, 5) is 23.7. The first kappa shape index (κ1) is 19.6. The first-order valence-corrected chi connectivity index (χ1v) is 9.57. The van der Waals surface area contributed by atoms with Gasteiger partial charge in [0, 0.05) is 18.9 Å². The number of hydrogen-bond donors (Lipinski definition) is 0. The number of hydrogen-bond acceptors (Lipinski definition) is 7. The molecule has 1 aromatic carbocycles. The highest BCUT2D eigenvalue weighted by Crippen LogP contribution is 2.34. The van der Waals surface area contributed by atoms with Crippen LogP contribution < -0.4 is 4.74 Å². The molecule has 2 rings (SSSR count). The lowest BCUT2D eigenvalue weighted by Gasteiger charge is -2.12. The van der Waals surface area contributed by atoms with Gasteiger partial charge in [-0.1, -0.05) is 0 Å². The first-order valence-electron chi connectivity index (χ1n) is 7.68. The van der Waals surface area contributed by atoms with Crippen molar-refractivity contribution < 1.29 is 22.9 Å². The first-order chi connectivity index (χ1) is 12.0. The molecule has 0 aliphatic carbocycles. The molecule has 9 nitrogen and oxygen atoms in total. The minimum absolute atomic E-state index is 0.0669. The summed E-state index contributed by atoms with van der Waals surface area (Å²) in [6.45, 7) is 4.84. The van der Waals surface area contributed by atoms with Crippen LogP contribution in [0, 0.1) is 24.0 Å². The number of carbonyl (C=O) groups excluding carboxylic acids is 1. The Morgan fingerprint density at radius 1 is 1.35 bits per heavy atom. The number of sulfone groups is 1. The summed E-state index contributed by atoms with van der Waals surface area (Å²) in [6.07, 6.45) is 2.24. The van der Waals surface area contributed by atoms with E-state index in [0.29, 0.717) is 0 Å². The largest absolute Gasteiger partial charge is 0.478 e. The van der Waals surface area contributed by atoms with E-state index in [1.165, 1.54) is 30.8 Å². The van der Waals surface area contributed by atoms with E-state index in [-0.39, 0.29) is 39.6 Å². The summed E-state index contributed by atoms with van der Waals surface area (Å²) in [5, 5.41) is 15.6. The number of ether oxygens (including phenoxy) is 1. The third-order valence-corrected chi connectivity index (χ3v) is 5.25. The van der Waals surface area contributed by atoms with Crippen LogP contribution in [0.15, 0.2) is 17.2 Å². The van der Waals surface area contributed by atoms with E-state index in [1.807, 2.05) is 0 Å². The molecule has 0 aliphatic heterocycles. The van der Waals surface area contributed by atoms with Gasteiger partial charge < -0.3 is 4.74 Å². The number of nitro groups is 1. The number of carbonyl (C=O) groups is 1. The SMILES string of the molecule is CCOc1c(C(=O)c2cc(C)c(S(C)(=O)=O)c(C)c2[N+](=O)[O-])cnn1C. The molecule has 10 heteroatoms. The van der Waals surface area contributed by atoms with Crippen molar-refractivity contribution >= 4 is 21.3 Å². The molecule has 140 valence electrons. The third kappa shape index (κ3) is 3.32. The normalized spacial score (nSPS) is 11.4. The lowest BCUT2D eigenvalue weighted by Crippen LogP contribution is -2.13. The zero-order chi connectivity index (χ0) is 19.8. The summed E-state index contributed by atoms with van der Waals surface area (Å²) in [5.74, 6) is -0.464. The van der Waals surface area contributed by atoms with Crippen molar-refractivity contribution in [1.29, 1.82) is 0 Å². The van der Waals surface area contributed by atoms with Gasteiger partial charge in [0.1, 0.15) is 11.1 Å². The van der Waals surface area contributed by atoms with E-state index in [9.17, 15) is 23.3 Å². The van der Waals surface area contributed by atoms with Crippen LogP contribution in [0.25, 0.3) is 0 Å².